The van der Waals surface area contributed by atoms with Gasteiger partial charge in [0.2, 0.25) is 10.1 Å². The van der Waals surface area contributed by atoms with Crippen LogP contribution >= 0.6 is 22.7 Å². The molecule has 0 bridgehead atoms. The third-order valence-corrected chi connectivity index (χ3v) is 4.37. The Morgan fingerprint density at radius 2 is 2.18 bits per heavy atom. The van der Waals surface area contributed by atoms with Gasteiger partial charge in [-0.3, -0.25) is 5.32 Å². The summed E-state index contributed by atoms with van der Waals surface area (Å²) in [6.45, 7) is -0.139. The first-order valence-electron chi connectivity index (χ1n) is 6.02. The molecule has 0 radical (unpaired) electrons. The van der Waals surface area contributed by atoms with Gasteiger partial charge in [0.25, 0.3) is 0 Å². The number of carbonyl (C=O) groups is 1. The smallest absolute Gasteiger partial charge is 0.396 e. The van der Waals surface area contributed by atoms with Crippen LogP contribution in [-0.2, 0) is 6.18 Å². The molecule has 2 heterocycles. The summed E-state index contributed by atoms with van der Waals surface area (Å²) in [5.41, 5.74) is 0. The molecule has 1 atom stereocenters. The number of carbonyl (C=O) groups excluding carboxylic acids is 1. The first kappa shape index (κ1) is 16.6. The lowest BCUT2D eigenvalue weighted by Crippen LogP contribution is -2.32. The quantitative estimate of drug-likeness (QED) is 0.772. The number of aliphatic hydroxyl groups excluding tert-OH is 1. The Kier molecular flexibility index (Phi) is 5.32. The van der Waals surface area contributed by atoms with Crippen molar-refractivity contribution in [2.45, 2.75) is 18.6 Å². The summed E-state index contributed by atoms with van der Waals surface area (Å²) in [6, 6.07) is 2.44. The van der Waals surface area contributed by atoms with E-state index in [0.29, 0.717) is 0 Å². The minimum absolute atomic E-state index is 0.139. The van der Waals surface area contributed by atoms with Crippen molar-refractivity contribution >= 4 is 33.8 Å². The lowest BCUT2D eigenvalue weighted by molar-refractivity contribution is -0.138. The maximum atomic E-state index is 12.4. The van der Waals surface area contributed by atoms with Crippen LogP contribution in [0.3, 0.4) is 0 Å². The summed E-state index contributed by atoms with van der Waals surface area (Å²) in [5.74, 6) is 0. The second kappa shape index (κ2) is 7.03. The molecule has 0 fully saturated rings. The molecule has 2 amide bonds. The Hall–Kier alpha value is -1.72. The Balaban J connectivity index is 1.98. The van der Waals surface area contributed by atoms with Crippen molar-refractivity contribution in [3.05, 3.63) is 27.4 Å². The number of anilines is 1. The van der Waals surface area contributed by atoms with E-state index in [4.69, 9.17) is 5.11 Å². The summed E-state index contributed by atoms with van der Waals surface area (Å²) in [6.07, 6.45) is -4.30. The third kappa shape index (κ3) is 4.39. The lowest BCUT2D eigenvalue weighted by atomic mass is 10.2. The van der Waals surface area contributed by atoms with E-state index in [1.165, 1.54) is 11.3 Å². The van der Waals surface area contributed by atoms with E-state index in [-0.39, 0.29) is 29.5 Å². The van der Waals surface area contributed by atoms with Crippen LogP contribution in [0.5, 0.6) is 0 Å². The molecule has 0 aliphatic carbocycles. The van der Waals surface area contributed by atoms with E-state index in [1.807, 2.05) is 5.38 Å². The second-order valence-electron chi connectivity index (χ2n) is 4.09. The molecule has 6 nitrogen and oxygen atoms in total. The number of urea groups is 1. The summed E-state index contributed by atoms with van der Waals surface area (Å²) >= 11 is 1.64. The number of thiophene rings is 1. The van der Waals surface area contributed by atoms with Crippen molar-refractivity contribution in [2.24, 2.45) is 0 Å². The van der Waals surface area contributed by atoms with Gasteiger partial charge in [0.05, 0.1) is 6.04 Å². The van der Waals surface area contributed by atoms with Crippen LogP contribution in [0.25, 0.3) is 0 Å². The minimum Gasteiger partial charge on any atom is -0.396 e. The number of aromatic nitrogens is 2. The maximum Gasteiger partial charge on any atom is 0.445 e. The largest absolute Gasteiger partial charge is 0.445 e. The highest BCUT2D eigenvalue weighted by Gasteiger charge is 2.35. The Bertz CT molecular complexity index is 615. The van der Waals surface area contributed by atoms with E-state index in [2.05, 4.69) is 20.8 Å². The van der Waals surface area contributed by atoms with Crippen molar-refractivity contribution in [3.63, 3.8) is 0 Å². The van der Waals surface area contributed by atoms with E-state index in [9.17, 15) is 18.0 Å². The van der Waals surface area contributed by atoms with Crippen LogP contribution < -0.4 is 10.6 Å². The fourth-order valence-corrected chi connectivity index (χ4v) is 3.00. The Morgan fingerprint density at radius 1 is 1.41 bits per heavy atom. The molecule has 2 aromatic heterocycles. The van der Waals surface area contributed by atoms with Crippen LogP contribution in [0.4, 0.5) is 23.1 Å². The van der Waals surface area contributed by atoms with Gasteiger partial charge >= 0.3 is 12.2 Å². The topological polar surface area (TPSA) is 87.1 Å². The molecule has 2 rings (SSSR count). The monoisotopic (exact) mass is 352 g/mol. The number of nitrogens with one attached hydrogen (secondary N) is 2. The molecule has 0 saturated carbocycles. The molecule has 11 heteroatoms. The van der Waals surface area contributed by atoms with E-state index < -0.39 is 23.3 Å². The summed E-state index contributed by atoms with van der Waals surface area (Å²) in [7, 11) is 0. The molecule has 2 aromatic rings. The van der Waals surface area contributed by atoms with Crippen molar-refractivity contribution < 1.29 is 23.1 Å². The average molecular weight is 352 g/mol. The number of amides is 2. The first-order chi connectivity index (χ1) is 10.4. The summed E-state index contributed by atoms with van der Waals surface area (Å²) in [4.78, 5) is 12.6. The predicted molar refractivity (Wildman–Crippen MR) is 75.8 cm³/mol. The second-order valence-corrected chi connectivity index (χ2v) is 6.05. The van der Waals surface area contributed by atoms with Gasteiger partial charge < -0.3 is 10.4 Å². The van der Waals surface area contributed by atoms with Gasteiger partial charge in [-0.1, -0.05) is 17.4 Å². The van der Waals surface area contributed by atoms with Gasteiger partial charge in [-0.25, -0.2) is 4.79 Å². The molecule has 0 spiro atoms. The van der Waals surface area contributed by atoms with E-state index in [0.717, 1.165) is 4.88 Å². The van der Waals surface area contributed by atoms with Crippen LogP contribution in [0.1, 0.15) is 22.3 Å². The van der Waals surface area contributed by atoms with Gasteiger partial charge in [0, 0.05) is 11.5 Å². The lowest BCUT2D eigenvalue weighted by Gasteiger charge is -2.16. The molecule has 3 N–H and O–H groups in total. The third-order valence-electron chi connectivity index (χ3n) is 2.50. The van der Waals surface area contributed by atoms with Gasteiger partial charge in [0.15, 0.2) is 0 Å². The number of hydrogen-bond acceptors (Lipinski definition) is 6. The van der Waals surface area contributed by atoms with Gasteiger partial charge in [-0.2, -0.15) is 13.2 Å². The zero-order valence-corrected chi connectivity index (χ0v) is 12.6. The molecule has 22 heavy (non-hydrogen) atoms. The fourth-order valence-electron chi connectivity index (χ4n) is 1.58. The van der Waals surface area contributed by atoms with Gasteiger partial charge in [-0.05, 0) is 17.9 Å². The molecule has 0 aliphatic heterocycles. The number of nitrogens with zero attached hydrogens (tertiary/aromatic N) is 2. The normalized spacial score (nSPS) is 12.9. The van der Waals surface area contributed by atoms with Crippen molar-refractivity contribution in [2.75, 3.05) is 11.9 Å². The van der Waals surface area contributed by atoms with Crippen molar-refractivity contribution in [3.8, 4) is 0 Å². The highest BCUT2D eigenvalue weighted by atomic mass is 32.1. The number of alkyl halides is 3. The van der Waals surface area contributed by atoms with E-state index >= 15 is 0 Å². The fraction of sp³-hybridized carbons (Fsp3) is 0.364. The standard InChI is InChI=1S/C11H11F3N4O2S2/c12-11(13,14)8-17-18-10(22-8)16-9(20)15-6(3-4-19)7-2-1-5-21-7/h1-2,5-6,19H,3-4H2,(H2,15,16,18,20). The molecule has 0 saturated heterocycles. The van der Waals surface area contributed by atoms with Crippen molar-refractivity contribution in [1.82, 2.24) is 15.5 Å². The van der Waals surface area contributed by atoms with Gasteiger partial charge in [0.1, 0.15) is 0 Å². The van der Waals surface area contributed by atoms with Crippen LogP contribution in [0.2, 0.25) is 0 Å². The number of hydrogen-bond donors (Lipinski definition) is 3. The van der Waals surface area contributed by atoms with E-state index in [1.54, 1.807) is 12.1 Å². The van der Waals surface area contributed by atoms with Crippen molar-refractivity contribution in [1.29, 1.82) is 0 Å². The number of rotatable bonds is 5. The Morgan fingerprint density at radius 3 is 2.73 bits per heavy atom. The zero-order chi connectivity index (χ0) is 16.2. The first-order valence-corrected chi connectivity index (χ1v) is 7.72. The maximum absolute atomic E-state index is 12.4. The van der Waals surface area contributed by atoms with Crippen LogP contribution in [0.15, 0.2) is 17.5 Å². The van der Waals surface area contributed by atoms with Gasteiger partial charge in [-0.15, -0.1) is 21.5 Å². The SMILES string of the molecule is O=C(Nc1nnc(C(F)(F)F)s1)NC(CCO)c1cccs1. The molecule has 1 unspecified atom stereocenters. The highest BCUT2D eigenvalue weighted by Crippen LogP contribution is 2.33. The van der Waals surface area contributed by atoms with Crippen LogP contribution in [0, 0.1) is 0 Å². The number of aliphatic hydroxyl groups is 1. The highest BCUT2D eigenvalue weighted by molar-refractivity contribution is 7.15. The minimum atomic E-state index is -4.59. The molecule has 0 aliphatic rings. The molecule has 120 valence electrons. The molecule has 0 aromatic carbocycles. The van der Waals surface area contributed by atoms with Crippen LogP contribution in [-0.4, -0.2) is 27.9 Å². The predicted octanol–water partition coefficient (Wildman–Crippen LogP) is 2.86. The molecular weight excluding hydrogens is 341 g/mol. The average Bonchev–Trinajstić information content (AvgIpc) is 3.08. The number of halogens is 3. The molecular formula is C11H11F3N4O2S2. The summed E-state index contributed by atoms with van der Waals surface area (Å²) < 4.78 is 37.2. The zero-order valence-electron chi connectivity index (χ0n) is 10.9. The Labute approximate surface area is 131 Å². The summed E-state index contributed by atoms with van der Waals surface area (Å²) in [5, 5.41) is 20.5.